The molecule has 0 atom stereocenters. The average molecular weight is 418 g/mol. The third-order valence-electron chi connectivity index (χ3n) is 4.58. The molecular weight excluding hydrogens is 403 g/mol. The lowest BCUT2D eigenvalue weighted by molar-refractivity contribution is 0.0600. The average Bonchev–Trinajstić information content (AvgIpc) is 3.08. The van der Waals surface area contributed by atoms with Crippen molar-refractivity contribution in [3.05, 3.63) is 101 Å². The van der Waals surface area contributed by atoms with E-state index in [2.05, 4.69) is 4.74 Å². The second-order valence-corrected chi connectivity index (χ2v) is 6.58. The Morgan fingerprint density at radius 1 is 0.968 bits per heavy atom. The Labute approximate surface area is 176 Å². The molecule has 154 valence electrons. The number of rotatable bonds is 4. The van der Waals surface area contributed by atoms with Gasteiger partial charge in [0.25, 0.3) is 0 Å². The Bertz CT molecular complexity index is 1230. The van der Waals surface area contributed by atoms with Gasteiger partial charge in [-0.05, 0) is 48.0 Å². The predicted octanol–water partition coefficient (Wildman–Crippen LogP) is 4.45. The number of carbonyl (C=O) groups is 3. The van der Waals surface area contributed by atoms with E-state index in [4.69, 9.17) is 9.47 Å². The summed E-state index contributed by atoms with van der Waals surface area (Å²) in [4.78, 5) is 36.3. The van der Waals surface area contributed by atoms with Gasteiger partial charge in [-0.25, -0.2) is 14.0 Å². The van der Waals surface area contributed by atoms with Gasteiger partial charge >= 0.3 is 11.9 Å². The predicted molar refractivity (Wildman–Crippen MR) is 109 cm³/mol. The molecule has 0 unspecified atom stereocenters. The van der Waals surface area contributed by atoms with E-state index < -0.39 is 17.8 Å². The van der Waals surface area contributed by atoms with Crippen LogP contribution in [0.15, 0.2) is 72.5 Å². The fraction of sp³-hybridized carbons (Fsp3) is 0.0417. The molecule has 3 aromatic carbocycles. The highest BCUT2D eigenvalue weighted by molar-refractivity contribution is 6.14. The monoisotopic (exact) mass is 418 g/mol. The maximum absolute atomic E-state index is 13.8. The Morgan fingerprint density at radius 3 is 2.42 bits per heavy atom. The molecule has 3 aromatic rings. The van der Waals surface area contributed by atoms with E-state index >= 15 is 0 Å². The van der Waals surface area contributed by atoms with Crippen LogP contribution < -0.4 is 9.47 Å². The van der Waals surface area contributed by atoms with Crippen molar-refractivity contribution in [2.45, 2.75) is 0 Å². The zero-order chi connectivity index (χ0) is 22.0. The van der Waals surface area contributed by atoms with Crippen LogP contribution in [-0.4, -0.2) is 24.8 Å². The highest BCUT2D eigenvalue weighted by atomic mass is 19.1. The van der Waals surface area contributed by atoms with Gasteiger partial charge in [0, 0.05) is 6.07 Å². The number of halogens is 1. The molecule has 0 spiro atoms. The van der Waals surface area contributed by atoms with Crippen molar-refractivity contribution in [2.24, 2.45) is 0 Å². The van der Waals surface area contributed by atoms with E-state index in [0.29, 0.717) is 16.7 Å². The molecule has 0 N–H and O–H groups in total. The molecular formula is C24H15FO6. The summed E-state index contributed by atoms with van der Waals surface area (Å²) in [6, 6.07) is 16.2. The third kappa shape index (κ3) is 4.06. The fourth-order valence-electron chi connectivity index (χ4n) is 3.00. The van der Waals surface area contributed by atoms with Gasteiger partial charge in [0.1, 0.15) is 17.3 Å². The summed E-state index contributed by atoms with van der Waals surface area (Å²) in [6.45, 7) is 0. The fourth-order valence-corrected chi connectivity index (χ4v) is 3.00. The van der Waals surface area contributed by atoms with Crippen molar-refractivity contribution < 1.29 is 33.0 Å². The van der Waals surface area contributed by atoms with E-state index in [0.717, 1.165) is 6.07 Å². The van der Waals surface area contributed by atoms with Crippen molar-refractivity contribution in [1.29, 1.82) is 0 Å². The molecule has 7 heteroatoms. The Morgan fingerprint density at radius 2 is 1.71 bits per heavy atom. The van der Waals surface area contributed by atoms with E-state index in [9.17, 15) is 18.8 Å². The molecule has 0 amide bonds. The van der Waals surface area contributed by atoms with Crippen molar-refractivity contribution in [1.82, 2.24) is 0 Å². The van der Waals surface area contributed by atoms with Gasteiger partial charge in [-0.3, -0.25) is 4.79 Å². The molecule has 0 radical (unpaired) electrons. The maximum Gasteiger partial charge on any atom is 0.346 e. The second-order valence-electron chi connectivity index (χ2n) is 6.58. The second kappa shape index (κ2) is 8.23. The molecule has 0 bridgehead atoms. The topological polar surface area (TPSA) is 78.9 Å². The third-order valence-corrected chi connectivity index (χ3v) is 4.58. The smallest absolute Gasteiger partial charge is 0.346 e. The molecule has 0 saturated heterocycles. The Hall–Kier alpha value is -4.26. The van der Waals surface area contributed by atoms with Gasteiger partial charge < -0.3 is 14.2 Å². The summed E-state index contributed by atoms with van der Waals surface area (Å²) >= 11 is 0. The minimum atomic E-state index is -0.858. The van der Waals surface area contributed by atoms with Crippen LogP contribution in [0.4, 0.5) is 4.39 Å². The summed E-state index contributed by atoms with van der Waals surface area (Å²) in [6.07, 6.45) is 1.54. The van der Waals surface area contributed by atoms with Gasteiger partial charge in [0.15, 0.2) is 5.76 Å². The van der Waals surface area contributed by atoms with E-state index in [1.807, 2.05) is 0 Å². The van der Waals surface area contributed by atoms with Gasteiger partial charge in [0.05, 0.1) is 23.8 Å². The number of hydrogen-bond donors (Lipinski definition) is 0. The lowest BCUT2D eigenvalue weighted by Gasteiger charge is -2.06. The van der Waals surface area contributed by atoms with Gasteiger partial charge in [-0.15, -0.1) is 0 Å². The molecule has 0 aromatic heterocycles. The zero-order valence-electron chi connectivity index (χ0n) is 16.3. The first-order valence-electron chi connectivity index (χ1n) is 9.19. The van der Waals surface area contributed by atoms with Gasteiger partial charge in [0.2, 0.25) is 5.78 Å². The number of esters is 2. The molecule has 0 saturated carbocycles. The van der Waals surface area contributed by atoms with Crippen LogP contribution in [0.2, 0.25) is 0 Å². The standard InChI is InChI=1S/C24H15FO6/c1-29-23(27)15-8-6-14(7-9-15)12-21-22(26)18-11-10-16(13-20(18)31-21)30-24(28)17-4-2-3-5-19(17)25/h2-13H,1H3. The number of benzene rings is 3. The molecule has 1 aliphatic rings. The number of Topliss-reactive ketones (excluding diaryl/α,β-unsaturated/α-hetero) is 1. The lowest BCUT2D eigenvalue weighted by Crippen LogP contribution is -2.10. The minimum Gasteiger partial charge on any atom is -0.465 e. The molecule has 31 heavy (non-hydrogen) atoms. The Balaban J connectivity index is 1.53. The minimum absolute atomic E-state index is 0.0819. The summed E-state index contributed by atoms with van der Waals surface area (Å²) in [5.74, 6) is -1.92. The van der Waals surface area contributed by atoms with Crippen molar-refractivity contribution >= 4 is 23.8 Å². The number of allylic oxidation sites excluding steroid dienone is 1. The van der Waals surface area contributed by atoms with Gasteiger partial charge in [-0.1, -0.05) is 24.3 Å². The number of ether oxygens (including phenoxy) is 3. The SMILES string of the molecule is COC(=O)c1ccc(C=C2Oc3cc(OC(=O)c4ccccc4F)ccc3C2=O)cc1. The molecule has 0 fully saturated rings. The zero-order valence-corrected chi connectivity index (χ0v) is 16.3. The van der Waals surface area contributed by atoms with Crippen LogP contribution in [0.25, 0.3) is 6.08 Å². The number of methoxy groups -OCH3 is 1. The number of carbonyl (C=O) groups excluding carboxylic acids is 3. The van der Waals surface area contributed by atoms with E-state index in [1.165, 1.54) is 49.6 Å². The van der Waals surface area contributed by atoms with Crippen LogP contribution >= 0.6 is 0 Å². The first kappa shape index (κ1) is 20.0. The van der Waals surface area contributed by atoms with Crippen LogP contribution in [0, 0.1) is 5.82 Å². The van der Waals surface area contributed by atoms with Crippen molar-refractivity contribution in [3.8, 4) is 11.5 Å². The number of fused-ring (bicyclic) bond motifs is 1. The van der Waals surface area contributed by atoms with Crippen LogP contribution in [0.3, 0.4) is 0 Å². The Kier molecular flexibility index (Phi) is 5.32. The summed E-state index contributed by atoms with van der Waals surface area (Å²) in [7, 11) is 1.29. The normalized spacial score (nSPS) is 13.5. The van der Waals surface area contributed by atoms with Crippen LogP contribution in [-0.2, 0) is 4.74 Å². The highest BCUT2D eigenvalue weighted by Crippen LogP contribution is 2.35. The molecule has 1 heterocycles. The van der Waals surface area contributed by atoms with Gasteiger partial charge in [-0.2, -0.15) is 0 Å². The van der Waals surface area contributed by atoms with E-state index in [-0.39, 0.29) is 28.6 Å². The first-order chi connectivity index (χ1) is 15.0. The lowest BCUT2D eigenvalue weighted by atomic mass is 10.1. The summed E-state index contributed by atoms with van der Waals surface area (Å²) in [5, 5.41) is 0. The van der Waals surface area contributed by atoms with Crippen LogP contribution in [0.1, 0.15) is 36.6 Å². The van der Waals surface area contributed by atoms with Crippen LogP contribution in [0.5, 0.6) is 11.5 Å². The molecule has 4 rings (SSSR count). The molecule has 1 aliphatic heterocycles. The quantitative estimate of drug-likeness (QED) is 0.354. The first-order valence-corrected chi connectivity index (χ1v) is 9.19. The maximum atomic E-state index is 13.8. The van der Waals surface area contributed by atoms with E-state index in [1.54, 1.807) is 24.3 Å². The molecule has 6 nitrogen and oxygen atoms in total. The molecule has 0 aliphatic carbocycles. The number of hydrogen-bond acceptors (Lipinski definition) is 6. The number of ketones is 1. The van der Waals surface area contributed by atoms with Crippen molar-refractivity contribution in [3.63, 3.8) is 0 Å². The summed E-state index contributed by atoms with van der Waals surface area (Å²) < 4.78 is 29.2. The van der Waals surface area contributed by atoms with Crippen molar-refractivity contribution in [2.75, 3.05) is 7.11 Å². The summed E-state index contributed by atoms with van der Waals surface area (Å²) in [5.41, 5.74) is 1.14. The highest BCUT2D eigenvalue weighted by Gasteiger charge is 2.28. The largest absolute Gasteiger partial charge is 0.465 e.